The van der Waals surface area contributed by atoms with Crippen LogP contribution < -0.4 is 0 Å². The lowest BCUT2D eigenvalue weighted by atomic mass is 10.3. The van der Waals surface area contributed by atoms with Gasteiger partial charge in [0.1, 0.15) is 11.6 Å². The maximum Gasteiger partial charge on any atom is 0.379 e. The number of ether oxygens (including phenoxy) is 2. The Morgan fingerprint density at radius 3 is 2.77 bits per heavy atom. The minimum Gasteiger partial charge on any atom is -0.463 e. The third-order valence-corrected chi connectivity index (χ3v) is 3.16. The van der Waals surface area contributed by atoms with Gasteiger partial charge in [0.25, 0.3) is 5.82 Å². The molecule has 0 unspecified atom stereocenters. The van der Waals surface area contributed by atoms with Crippen LogP contribution in [-0.4, -0.2) is 39.4 Å². The van der Waals surface area contributed by atoms with Gasteiger partial charge in [0, 0.05) is 6.42 Å². The van der Waals surface area contributed by atoms with E-state index < -0.39 is 18.0 Å². The number of carbonyl (C=O) groups is 2. The summed E-state index contributed by atoms with van der Waals surface area (Å²) in [5.41, 5.74) is 0.561. The Labute approximate surface area is 124 Å². The molecule has 7 nitrogen and oxygen atoms in total. The summed E-state index contributed by atoms with van der Waals surface area (Å²) in [6.45, 7) is 1.88. The fourth-order valence-corrected chi connectivity index (χ4v) is 2.07. The molecule has 1 aliphatic heterocycles. The number of aryl methyl sites for hydroxylation is 1. The van der Waals surface area contributed by atoms with E-state index in [0.29, 0.717) is 17.9 Å². The van der Waals surface area contributed by atoms with Crippen LogP contribution in [0.3, 0.4) is 0 Å². The normalized spacial score (nSPS) is 17.4. The van der Waals surface area contributed by atoms with Crippen LogP contribution in [0.2, 0.25) is 0 Å². The standard InChI is InChI=1S/C14H12FN3O4/c1-8-16-12(14(20)22-11-6-7-21-13(11)19)17-18(8)10-4-2-9(15)3-5-10/h2-5,11H,6-7H2,1H3/t11-/m0/s1. The molecule has 1 aromatic heterocycles. The van der Waals surface area contributed by atoms with Gasteiger partial charge in [0.15, 0.2) is 0 Å². The summed E-state index contributed by atoms with van der Waals surface area (Å²) in [6.07, 6.45) is -0.590. The largest absolute Gasteiger partial charge is 0.463 e. The molecule has 0 N–H and O–H groups in total. The van der Waals surface area contributed by atoms with Gasteiger partial charge in [-0.3, -0.25) is 0 Å². The van der Waals surface area contributed by atoms with Gasteiger partial charge in [-0.05, 0) is 31.2 Å². The number of esters is 2. The van der Waals surface area contributed by atoms with E-state index in [1.165, 1.54) is 28.9 Å². The minimum absolute atomic E-state index is 0.165. The molecule has 0 amide bonds. The summed E-state index contributed by atoms with van der Waals surface area (Å²) in [4.78, 5) is 27.3. The molecule has 2 aromatic rings. The number of cyclic esters (lactones) is 1. The molecule has 1 aliphatic rings. The molecule has 0 saturated carbocycles. The Kier molecular flexibility index (Phi) is 3.58. The number of benzene rings is 1. The van der Waals surface area contributed by atoms with Crippen LogP contribution in [0.15, 0.2) is 24.3 Å². The topological polar surface area (TPSA) is 83.3 Å². The van der Waals surface area contributed by atoms with Crippen molar-refractivity contribution in [2.24, 2.45) is 0 Å². The first-order valence-electron chi connectivity index (χ1n) is 6.62. The van der Waals surface area contributed by atoms with Crippen LogP contribution in [0.5, 0.6) is 0 Å². The van der Waals surface area contributed by atoms with Crippen molar-refractivity contribution < 1.29 is 23.5 Å². The van der Waals surface area contributed by atoms with Gasteiger partial charge < -0.3 is 9.47 Å². The number of hydrogen-bond acceptors (Lipinski definition) is 6. The summed E-state index contributed by atoms with van der Waals surface area (Å²) in [6, 6.07) is 5.59. The Balaban J connectivity index is 1.81. The van der Waals surface area contributed by atoms with Crippen LogP contribution in [0.1, 0.15) is 22.9 Å². The van der Waals surface area contributed by atoms with Crippen molar-refractivity contribution >= 4 is 11.9 Å². The molecule has 1 aromatic carbocycles. The van der Waals surface area contributed by atoms with Gasteiger partial charge in [-0.1, -0.05) is 0 Å². The summed E-state index contributed by atoms with van der Waals surface area (Å²) in [5, 5.41) is 4.03. The molecule has 8 heteroatoms. The summed E-state index contributed by atoms with van der Waals surface area (Å²) < 4.78 is 24.1. The average Bonchev–Trinajstić information content (AvgIpc) is 3.07. The summed E-state index contributed by atoms with van der Waals surface area (Å²) >= 11 is 0. The molecule has 0 radical (unpaired) electrons. The Morgan fingerprint density at radius 2 is 2.14 bits per heavy atom. The second-order valence-corrected chi connectivity index (χ2v) is 4.72. The fourth-order valence-electron chi connectivity index (χ4n) is 2.07. The first-order valence-corrected chi connectivity index (χ1v) is 6.62. The molecular weight excluding hydrogens is 293 g/mol. The van der Waals surface area contributed by atoms with E-state index in [1.807, 2.05) is 0 Å². The molecule has 1 atom stereocenters. The predicted octanol–water partition coefficient (Wildman–Crippen LogP) is 1.19. The van der Waals surface area contributed by atoms with E-state index in [0.717, 1.165) is 0 Å². The molecule has 0 spiro atoms. The molecule has 0 bridgehead atoms. The highest BCUT2D eigenvalue weighted by atomic mass is 19.1. The smallest absolute Gasteiger partial charge is 0.379 e. The molecular formula is C14H12FN3O4. The zero-order valence-electron chi connectivity index (χ0n) is 11.7. The van der Waals surface area contributed by atoms with Gasteiger partial charge in [0.05, 0.1) is 12.3 Å². The third-order valence-electron chi connectivity index (χ3n) is 3.16. The highest BCUT2D eigenvalue weighted by Gasteiger charge is 2.31. The summed E-state index contributed by atoms with van der Waals surface area (Å²) in [7, 11) is 0. The first-order chi connectivity index (χ1) is 10.5. The monoisotopic (exact) mass is 305 g/mol. The highest BCUT2D eigenvalue weighted by molar-refractivity contribution is 5.88. The molecule has 22 heavy (non-hydrogen) atoms. The van der Waals surface area contributed by atoms with Crippen LogP contribution in [0.25, 0.3) is 5.69 Å². The van der Waals surface area contributed by atoms with Crippen molar-refractivity contribution in [3.05, 3.63) is 41.7 Å². The molecule has 1 fully saturated rings. The highest BCUT2D eigenvalue weighted by Crippen LogP contribution is 2.14. The lowest BCUT2D eigenvalue weighted by Gasteiger charge is -2.05. The lowest BCUT2D eigenvalue weighted by Crippen LogP contribution is -2.23. The number of nitrogens with zero attached hydrogens (tertiary/aromatic N) is 3. The zero-order valence-corrected chi connectivity index (χ0v) is 11.7. The average molecular weight is 305 g/mol. The zero-order chi connectivity index (χ0) is 15.7. The Bertz CT molecular complexity index is 726. The Morgan fingerprint density at radius 1 is 1.41 bits per heavy atom. The van der Waals surface area contributed by atoms with E-state index in [-0.39, 0.29) is 18.2 Å². The minimum atomic E-state index is -0.912. The van der Waals surface area contributed by atoms with Crippen molar-refractivity contribution in [3.63, 3.8) is 0 Å². The number of rotatable bonds is 3. The van der Waals surface area contributed by atoms with Crippen LogP contribution in [0, 0.1) is 12.7 Å². The van der Waals surface area contributed by atoms with Gasteiger partial charge in [-0.2, -0.15) is 0 Å². The molecule has 1 saturated heterocycles. The third kappa shape index (κ3) is 2.67. The van der Waals surface area contributed by atoms with Crippen molar-refractivity contribution in [3.8, 4) is 5.69 Å². The van der Waals surface area contributed by atoms with Crippen molar-refractivity contribution in [1.29, 1.82) is 0 Å². The van der Waals surface area contributed by atoms with Gasteiger partial charge in [-0.15, -0.1) is 5.10 Å². The van der Waals surface area contributed by atoms with Crippen LogP contribution in [0.4, 0.5) is 4.39 Å². The van der Waals surface area contributed by atoms with Gasteiger partial charge >= 0.3 is 11.9 Å². The SMILES string of the molecule is Cc1nc(C(=O)O[C@H]2CCOC2=O)nn1-c1ccc(F)cc1. The Hall–Kier alpha value is -2.77. The lowest BCUT2D eigenvalue weighted by molar-refractivity contribution is -0.145. The molecule has 3 rings (SSSR count). The van der Waals surface area contributed by atoms with Crippen LogP contribution in [-0.2, 0) is 14.3 Å². The number of halogens is 1. The van der Waals surface area contributed by atoms with E-state index >= 15 is 0 Å². The number of hydrogen-bond donors (Lipinski definition) is 0. The number of aromatic nitrogens is 3. The second-order valence-electron chi connectivity index (χ2n) is 4.72. The van der Waals surface area contributed by atoms with E-state index in [4.69, 9.17) is 9.47 Å². The first kappa shape index (κ1) is 14.2. The predicted molar refractivity (Wildman–Crippen MR) is 70.8 cm³/mol. The molecule has 114 valence electrons. The van der Waals surface area contributed by atoms with Crippen molar-refractivity contribution in [1.82, 2.24) is 14.8 Å². The number of carbonyl (C=O) groups excluding carboxylic acids is 2. The van der Waals surface area contributed by atoms with Gasteiger partial charge in [0.2, 0.25) is 6.10 Å². The van der Waals surface area contributed by atoms with E-state index in [2.05, 4.69) is 10.1 Å². The maximum atomic E-state index is 12.9. The van der Waals surface area contributed by atoms with Crippen LogP contribution >= 0.6 is 0 Å². The van der Waals surface area contributed by atoms with Crippen molar-refractivity contribution in [2.75, 3.05) is 6.61 Å². The quantitative estimate of drug-likeness (QED) is 0.792. The van der Waals surface area contributed by atoms with Gasteiger partial charge in [-0.25, -0.2) is 23.6 Å². The van der Waals surface area contributed by atoms with E-state index in [9.17, 15) is 14.0 Å². The fraction of sp³-hybridized carbons (Fsp3) is 0.286. The van der Waals surface area contributed by atoms with E-state index in [1.54, 1.807) is 6.92 Å². The molecule has 2 heterocycles. The second kappa shape index (κ2) is 5.55. The van der Waals surface area contributed by atoms with Crippen molar-refractivity contribution in [2.45, 2.75) is 19.4 Å². The maximum absolute atomic E-state index is 12.9. The summed E-state index contributed by atoms with van der Waals surface area (Å²) in [5.74, 6) is -1.47. The molecule has 0 aliphatic carbocycles.